The number of H-pyrrole nitrogens is 1. The highest BCUT2D eigenvalue weighted by Crippen LogP contribution is 2.26. The Kier molecular flexibility index (Phi) is 3.25. The van der Waals surface area contributed by atoms with Crippen LogP contribution in [-0.4, -0.2) is 16.6 Å². The number of hydrogen-bond donors (Lipinski definition) is 1. The van der Waals surface area contributed by atoms with Crippen molar-refractivity contribution in [3.63, 3.8) is 0 Å². The second-order valence-electron chi connectivity index (χ2n) is 4.72. The number of rotatable bonds is 4. The molecule has 2 heterocycles. The predicted octanol–water partition coefficient (Wildman–Crippen LogP) is 4.10. The Labute approximate surface area is 117 Å². The van der Waals surface area contributed by atoms with Crippen molar-refractivity contribution in [2.45, 2.75) is 6.92 Å². The molecule has 0 fully saturated rings. The SMILES string of the molecule is C=CCOc1ccc(-c2ccc3c(C)c[nH]c3c2)cn1. The molecule has 100 valence electrons. The van der Waals surface area contributed by atoms with Crippen molar-refractivity contribution in [3.05, 3.63) is 60.9 Å². The van der Waals surface area contributed by atoms with Gasteiger partial charge in [-0.05, 0) is 30.2 Å². The van der Waals surface area contributed by atoms with E-state index in [-0.39, 0.29) is 0 Å². The van der Waals surface area contributed by atoms with Gasteiger partial charge in [-0.3, -0.25) is 0 Å². The zero-order valence-corrected chi connectivity index (χ0v) is 11.4. The fourth-order valence-electron chi connectivity index (χ4n) is 2.23. The monoisotopic (exact) mass is 264 g/mol. The topological polar surface area (TPSA) is 37.9 Å². The number of fused-ring (bicyclic) bond motifs is 1. The van der Waals surface area contributed by atoms with Crippen LogP contribution >= 0.6 is 0 Å². The first-order valence-electron chi connectivity index (χ1n) is 6.56. The van der Waals surface area contributed by atoms with Gasteiger partial charge in [0.15, 0.2) is 0 Å². The van der Waals surface area contributed by atoms with Crippen LogP contribution in [0.15, 0.2) is 55.4 Å². The molecular weight excluding hydrogens is 248 g/mol. The lowest BCUT2D eigenvalue weighted by Crippen LogP contribution is -1.94. The van der Waals surface area contributed by atoms with E-state index in [4.69, 9.17) is 4.74 Å². The summed E-state index contributed by atoms with van der Waals surface area (Å²) in [6.45, 7) is 6.19. The summed E-state index contributed by atoms with van der Waals surface area (Å²) in [5.41, 5.74) is 4.62. The van der Waals surface area contributed by atoms with Gasteiger partial charge >= 0.3 is 0 Å². The Balaban J connectivity index is 1.91. The second-order valence-corrected chi connectivity index (χ2v) is 4.72. The van der Waals surface area contributed by atoms with Crippen LogP contribution in [0.1, 0.15) is 5.56 Å². The molecule has 3 rings (SSSR count). The minimum atomic E-state index is 0.472. The van der Waals surface area contributed by atoms with Gasteiger partial charge in [-0.25, -0.2) is 4.98 Å². The molecule has 0 spiro atoms. The smallest absolute Gasteiger partial charge is 0.213 e. The molecule has 1 N–H and O–H groups in total. The van der Waals surface area contributed by atoms with Crippen LogP contribution in [0.5, 0.6) is 5.88 Å². The quantitative estimate of drug-likeness (QED) is 0.720. The molecule has 0 unspecified atom stereocenters. The maximum atomic E-state index is 5.38. The third kappa shape index (κ3) is 2.30. The first-order valence-corrected chi connectivity index (χ1v) is 6.56. The Morgan fingerprint density at radius 3 is 2.85 bits per heavy atom. The van der Waals surface area contributed by atoms with Crippen molar-refractivity contribution in [2.75, 3.05) is 6.61 Å². The zero-order valence-electron chi connectivity index (χ0n) is 11.4. The van der Waals surface area contributed by atoms with Crippen LogP contribution in [-0.2, 0) is 0 Å². The number of benzene rings is 1. The number of nitrogens with one attached hydrogen (secondary N) is 1. The summed E-state index contributed by atoms with van der Waals surface area (Å²) in [7, 11) is 0. The number of ether oxygens (including phenoxy) is 1. The molecule has 0 radical (unpaired) electrons. The first-order chi connectivity index (χ1) is 9.78. The van der Waals surface area contributed by atoms with E-state index >= 15 is 0 Å². The van der Waals surface area contributed by atoms with E-state index in [1.807, 2.05) is 24.5 Å². The highest BCUT2D eigenvalue weighted by molar-refractivity contribution is 5.87. The molecule has 20 heavy (non-hydrogen) atoms. The van der Waals surface area contributed by atoms with Gasteiger partial charge in [0, 0.05) is 34.9 Å². The van der Waals surface area contributed by atoms with Crippen LogP contribution < -0.4 is 4.74 Å². The molecule has 0 saturated carbocycles. The van der Waals surface area contributed by atoms with E-state index in [2.05, 4.69) is 41.7 Å². The fourth-order valence-corrected chi connectivity index (χ4v) is 2.23. The third-order valence-corrected chi connectivity index (χ3v) is 3.31. The highest BCUT2D eigenvalue weighted by atomic mass is 16.5. The van der Waals surface area contributed by atoms with E-state index in [9.17, 15) is 0 Å². The summed E-state index contributed by atoms with van der Waals surface area (Å²) in [5, 5.41) is 1.26. The Hall–Kier alpha value is -2.55. The molecule has 0 aliphatic carbocycles. The number of aromatic nitrogens is 2. The Morgan fingerprint density at radius 2 is 2.10 bits per heavy atom. The minimum absolute atomic E-state index is 0.472. The number of nitrogens with zero attached hydrogens (tertiary/aromatic N) is 1. The largest absolute Gasteiger partial charge is 0.473 e. The van der Waals surface area contributed by atoms with Crippen LogP contribution in [0.25, 0.3) is 22.0 Å². The summed E-state index contributed by atoms with van der Waals surface area (Å²) in [5.74, 6) is 0.616. The van der Waals surface area contributed by atoms with Gasteiger partial charge in [-0.15, -0.1) is 0 Å². The maximum absolute atomic E-state index is 5.38. The van der Waals surface area contributed by atoms with Gasteiger partial charge in [0.25, 0.3) is 0 Å². The van der Waals surface area contributed by atoms with Crippen molar-refractivity contribution < 1.29 is 4.74 Å². The molecule has 0 saturated heterocycles. The average Bonchev–Trinajstić information content (AvgIpc) is 2.86. The van der Waals surface area contributed by atoms with Crippen LogP contribution in [0.3, 0.4) is 0 Å². The maximum Gasteiger partial charge on any atom is 0.213 e. The summed E-state index contributed by atoms with van der Waals surface area (Å²) in [6.07, 6.45) is 5.56. The lowest BCUT2D eigenvalue weighted by atomic mass is 10.1. The molecule has 3 heteroatoms. The summed E-state index contributed by atoms with van der Waals surface area (Å²) >= 11 is 0. The van der Waals surface area contributed by atoms with E-state index in [1.54, 1.807) is 6.08 Å². The standard InChI is InChI=1S/C17H16N2O/c1-3-8-20-17-7-5-14(11-19-17)13-4-6-15-12(2)10-18-16(15)9-13/h3-7,9-11,18H,1,8H2,2H3. The summed E-state index contributed by atoms with van der Waals surface area (Å²) in [4.78, 5) is 7.58. The van der Waals surface area contributed by atoms with Crippen molar-refractivity contribution in [2.24, 2.45) is 0 Å². The summed E-state index contributed by atoms with van der Waals surface area (Å²) < 4.78 is 5.38. The van der Waals surface area contributed by atoms with E-state index in [0.29, 0.717) is 12.5 Å². The van der Waals surface area contributed by atoms with Crippen LogP contribution in [0, 0.1) is 6.92 Å². The van der Waals surface area contributed by atoms with Gasteiger partial charge in [-0.2, -0.15) is 0 Å². The molecule has 2 aromatic heterocycles. The third-order valence-electron chi connectivity index (χ3n) is 3.31. The molecule has 0 aliphatic rings. The number of aromatic amines is 1. The van der Waals surface area contributed by atoms with E-state index in [0.717, 1.165) is 16.6 Å². The van der Waals surface area contributed by atoms with E-state index in [1.165, 1.54) is 10.9 Å². The molecule has 0 aliphatic heterocycles. The minimum Gasteiger partial charge on any atom is -0.473 e. The molecule has 1 aromatic carbocycles. The predicted molar refractivity (Wildman–Crippen MR) is 82.0 cm³/mol. The molecule has 0 bridgehead atoms. The average molecular weight is 264 g/mol. The van der Waals surface area contributed by atoms with Gasteiger partial charge in [0.05, 0.1) is 0 Å². The van der Waals surface area contributed by atoms with Gasteiger partial charge in [-0.1, -0.05) is 24.8 Å². The van der Waals surface area contributed by atoms with Gasteiger partial charge < -0.3 is 9.72 Å². The molecule has 3 aromatic rings. The number of pyridine rings is 1. The summed E-state index contributed by atoms with van der Waals surface area (Å²) in [6, 6.07) is 10.3. The van der Waals surface area contributed by atoms with Crippen LogP contribution in [0.2, 0.25) is 0 Å². The lowest BCUT2D eigenvalue weighted by molar-refractivity contribution is 0.349. The van der Waals surface area contributed by atoms with Crippen LogP contribution in [0.4, 0.5) is 0 Å². The Morgan fingerprint density at radius 1 is 1.25 bits per heavy atom. The molecule has 0 amide bonds. The normalized spacial score (nSPS) is 10.7. The number of aryl methyl sites for hydroxylation is 1. The lowest BCUT2D eigenvalue weighted by Gasteiger charge is -2.05. The second kappa shape index (κ2) is 5.21. The van der Waals surface area contributed by atoms with Crippen molar-refractivity contribution in [1.82, 2.24) is 9.97 Å². The molecular formula is C17H16N2O. The molecule has 0 atom stereocenters. The van der Waals surface area contributed by atoms with Crippen molar-refractivity contribution in [1.29, 1.82) is 0 Å². The van der Waals surface area contributed by atoms with Crippen molar-refractivity contribution in [3.8, 4) is 17.0 Å². The Bertz CT molecular complexity index is 741. The first kappa shape index (κ1) is 12.5. The zero-order chi connectivity index (χ0) is 13.9. The van der Waals surface area contributed by atoms with E-state index < -0.39 is 0 Å². The van der Waals surface area contributed by atoms with Gasteiger partial charge in [0.2, 0.25) is 5.88 Å². The molecule has 3 nitrogen and oxygen atoms in total. The van der Waals surface area contributed by atoms with Gasteiger partial charge in [0.1, 0.15) is 6.61 Å². The van der Waals surface area contributed by atoms with Crippen molar-refractivity contribution >= 4 is 10.9 Å². The fraction of sp³-hybridized carbons (Fsp3) is 0.118. The number of hydrogen-bond acceptors (Lipinski definition) is 2. The highest BCUT2D eigenvalue weighted by Gasteiger charge is 2.04.